The van der Waals surface area contributed by atoms with Gasteiger partial charge in [0.15, 0.2) is 0 Å². The number of nitrogens with zero attached hydrogens (tertiary/aromatic N) is 3. The SMILES string of the molecule is COc1cc(C(=O)N2CCC(N3CCN([I-]I)CC3)C2)ccc1C. The van der Waals surface area contributed by atoms with E-state index >= 15 is 0 Å². The van der Waals surface area contributed by atoms with E-state index in [1.54, 1.807) is 7.11 Å². The van der Waals surface area contributed by atoms with Crippen LogP contribution in [0.5, 0.6) is 5.75 Å². The molecule has 0 aliphatic carbocycles. The number of aryl methyl sites for hydroxylation is 1. The van der Waals surface area contributed by atoms with Crippen LogP contribution in [0.4, 0.5) is 0 Å². The summed E-state index contributed by atoms with van der Waals surface area (Å²) in [5.41, 5.74) is 1.79. The average Bonchev–Trinajstić information content (AvgIpc) is 3.11. The molecule has 1 atom stereocenters. The van der Waals surface area contributed by atoms with Gasteiger partial charge in [-0.25, -0.2) is 0 Å². The maximum absolute atomic E-state index is 12.8. The fraction of sp³-hybridized carbons (Fsp3) is 0.588. The summed E-state index contributed by atoms with van der Waals surface area (Å²) in [5, 5.41) is 0. The molecule has 1 aromatic carbocycles. The van der Waals surface area contributed by atoms with Crippen LogP contribution in [0, 0.1) is 6.92 Å². The van der Waals surface area contributed by atoms with Crippen molar-refractivity contribution in [3.63, 3.8) is 0 Å². The minimum atomic E-state index is 0.132. The van der Waals surface area contributed by atoms with Crippen LogP contribution in [0.1, 0.15) is 22.3 Å². The Balaban J connectivity index is 1.60. The number of piperazine rings is 1. The van der Waals surface area contributed by atoms with Crippen LogP contribution < -0.4 is 22.2 Å². The number of ether oxygens (including phenoxy) is 1. The van der Waals surface area contributed by atoms with E-state index in [0.717, 1.165) is 49.5 Å². The number of likely N-dealkylation sites (tertiary alicyclic amines) is 1. The topological polar surface area (TPSA) is 36.0 Å². The van der Waals surface area contributed by atoms with Crippen LogP contribution in [0.2, 0.25) is 0 Å². The molecular weight excluding hydrogens is 532 g/mol. The first-order valence-electron chi connectivity index (χ1n) is 8.31. The van der Waals surface area contributed by atoms with Crippen molar-refractivity contribution in [1.29, 1.82) is 0 Å². The molecule has 1 unspecified atom stereocenters. The number of carbonyl (C=O) groups excluding carboxylic acids is 1. The standard InChI is InChI=1S/C17H24I2N3O2/c1-13-3-4-14(11-16(13)24-2)17(23)21-6-5-15(12-21)20-7-9-22(19-18)10-8-20/h3-4,11,15H,5-10,12H2,1-2H3/q-1. The number of rotatable bonds is 4. The van der Waals surface area contributed by atoms with E-state index in [1.807, 2.05) is 30.0 Å². The van der Waals surface area contributed by atoms with Gasteiger partial charge >= 0.3 is 151 Å². The van der Waals surface area contributed by atoms with E-state index in [0.29, 0.717) is 6.04 Å². The summed E-state index contributed by atoms with van der Waals surface area (Å²) >= 11 is 2.74. The Morgan fingerprint density at radius 2 is 2.00 bits per heavy atom. The molecule has 0 radical (unpaired) electrons. The van der Waals surface area contributed by atoms with Gasteiger partial charge in [0.25, 0.3) is 0 Å². The molecule has 7 heteroatoms. The molecule has 2 aliphatic heterocycles. The van der Waals surface area contributed by atoms with Gasteiger partial charge < -0.3 is 0 Å². The van der Waals surface area contributed by atoms with E-state index < -0.39 is 0 Å². The molecule has 3 rings (SSSR count). The summed E-state index contributed by atoms with van der Waals surface area (Å²) in [6, 6.07) is 6.27. The van der Waals surface area contributed by atoms with Gasteiger partial charge in [0.1, 0.15) is 0 Å². The Bertz CT molecular complexity index is 591. The first-order valence-corrected chi connectivity index (χ1v) is 15.6. The zero-order valence-corrected chi connectivity index (χ0v) is 18.5. The summed E-state index contributed by atoms with van der Waals surface area (Å²) < 4.78 is 7.94. The van der Waals surface area contributed by atoms with Crippen LogP contribution in [0.15, 0.2) is 18.2 Å². The minimum absolute atomic E-state index is 0.132. The van der Waals surface area contributed by atoms with E-state index in [-0.39, 0.29) is 23.4 Å². The number of hydrogen-bond donors (Lipinski definition) is 0. The zero-order chi connectivity index (χ0) is 17.1. The molecule has 2 fully saturated rings. The van der Waals surface area contributed by atoms with Gasteiger partial charge in [-0.15, -0.1) is 0 Å². The molecular formula is C17H24I2N3O2-. The van der Waals surface area contributed by atoms with Crippen molar-refractivity contribution in [2.75, 3.05) is 46.4 Å². The third-order valence-corrected chi connectivity index (χ3v) is 9.91. The molecule has 5 nitrogen and oxygen atoms in total. The second kappa shape index (κ2) is 8.50. The maximum atomic E-state index is 12.8. The van der Waals surface area contributed by atoms with Crippen LogP contribution in [0.25, 0.3) is 0 Å². The summed E-state index contributed by atoms with van der Waals surface area (Å²) in [6.07, 6.45) is 1.09. The van der Waals surface area contributed by atoms with Crippen molar-refractivity contribution in [3.8, 4) is 5.75 Å². The van der Waals surface area contributed by atoms with Gasteiger partial charge in [0, 0.05) is 0 Å². The van der Waals surface area contributed by atoms with E-state index in [1.165, 1.54) is 13.1 Å². The van der Waals surface area contributed by atoms with E-state index in [4.69, 9.17) is 4.74 Å². The summed E-state index contributed by atoms with van der Waals surface area (Å²) in [6.45, 7) is 8.39. The third kappa shape index (κ3) is 4.16. The molecule has 1 amide bonds. The molecule has 0 saturated carbocycles. The number of hydrogen-bond acceptors (Lipinski definition) is 4. The molecule has 1 aromatic rings. The van der Waals surface area contributed by atoms with Gasteiger partial charge in [-0.2, -0.15) is 0 Å². The molecule has 0 bridgehead atoms. The Morgan fingerprint density at radius 1 is 1.25 bits per heavy atom. The second-order valence-electron chi connectivity index (χ2n) is 6.39. The van der Waals surface area contributed by atoms with Gasteiger partial charge in [-0.3, -0.25) is 0 Å². The van der Waals surface area contributed by atoms with E-state index in [2.05, 4.69) is 26.6 Å². The van der Waals surface area contributed by atoms with Gasteiger partial charge in [-0.05, 0) is 6.92 Å². The fourth-order valence-electron chi connectivity index (χ4n) is 3.49. The van der Waals surface area contributed by atoms with Gasteiger partial charge in [-0.1, -0.05) is 0 Å². The monoisotopic (exact) mass is 556 g/mol. The van der Waals surface area contributed by atoms with Crippen molar-refractivity contribution >= 4 is 24.5 Å². The summed E-state index contributed by atoms with van der Waals surface area (Å²) in [4.78, 5) is 17.4. The smallest absolute Gasteiger partial charge is 0.0361 e. The van der Waals surface area contributed by atoms with Gasteiger partial charge in [0.2, 0.25) is 0 Å². The fourth-order valence-corrected chi connectivity index (χ4v) is 6.73. The molecule has 0 spiro atoms. The van der Waals surface area contributed by atoms with Crippen molar-refractivity contribution in [2.24, 2.45) is 0 Å². The number of methoxy groups -OCH3 is 1. The zero-order valence-electron chi connectivity index (χ0n) is 14.2. The molecule has 24 heavy (non-hydrogen) atoms. The van der Waals surface area contributed by atoms with Crippen LogP contribution in [0.3, 0.4) is 0 Å². The molecule has 0 aromatic heterocycles. The molecule has 2 heterocycles. The summed E-state index contributed by atoms with van der Waals surface area (Å²) in [7, 11) is 1.65. The Morgan fingerprint density at radius 3 is 2.67 bits per heavy atom. The van der Waals surface area contributed by atoms with Crippen molar-refractivity contribution < 1.29 is 27.0 Å². The Kier molecular flexibility index (Phi) is 6.61. The van der Waals surface area contributed by atoms with E-state index in [9.17, 15) is 4.79 Å². The first-order chi connectivity index (χ1) is 11.6. The second-order valence-corrected chi connectivity index (χ2v) is 10.6. The van der Waals surface area contributed by atoms with Crippen molar-refractivity contribution in [3.05, 3.63) is 29.3 Å². The van der Waals surface area contributed by atoms with Gasteiger partial charge in [0.05, 0.1) is 7.11 Å². The number of amides is 1. The van der Waals surface area contributed by atoms with Crippen LogP contribution in [-0.2, 0) is 0 Å². The normalized spacial score (nSPS) is 23.0. The van der Waals surface area contributed by atoms with Crippen LogP contribution >= 0.6 is 18.6 Å². The van der Waals surface area contributed by atoms with Crippen LogP contribution in [-0.4, -0.2) is 71.2 Å². The molecule has 134 valence electrons. The average molecular weight is 556 g/mol. The number of benzene rings is 1. The first kappa shape index (κ1) is 18.7. The molecule has 0 N–H and O–H groups in total. The molecule has 2 saturated heterocycles. The summed E-state index contributed by atoms with van der Waals surface area (Å²) in [5.74, 6) is 0.919. The van der Waals surface area contributed by atoms with Crippen molar-refractivity contribution in [1.82, 2.24) is 12.9 Å². The Labute approximate surface area is 164 Å². The quantitative estimate of drug-likeness (QED) is 0.360. The molecule has 2 aliphatic rings. The predicted molar refractivity (Wildman–Crippen MR) is 99.2 cm³/mol. The van der Waals surface area contributed by atoms with Crippen molar-refractivity contribution in [2.45, 2.75) is 19.4 Å². The number of carbonyl (C=O) groups is 1. The minimum Gasteiger partial charge on any atom is -0.0361 e. The predicted octanol–water partition coefficient (Wildman–Crippen LogP) is -0.810. The number of halogens is 2. The third-order valence-electron chi connectivity index (χ3n) is 4.97. The Hall–Kier alpha value is -0.130.